The highest BCUT2D eigenvalue weighted by Gasteiger charge is 2.14. The zero-order valence-electron chi connectivity index (χ0n) is 23.5. The minimum absolute atomic E-state index is 0.0315. The van der Waals surface area contributed by atoms with Gasteiger partial charge in [0.15, 0.2) is 23.1 Å². The molecule has 0 radical (unpaired) electrons. The summed E-state index contributed by atoms with van der Waals surface area (Å²) < 4.78 is 0. The Hall–Kier alpha value is -3.66. The molecule has 39 heavy (non-hydrogen) atoms. The van der Waals surface area contributed by atoms with Crippen LogP contribution >= 0.6 is 0 Å². The van der Waals surface area contributed by atoms with E-state index in [-0.39, 0.29) is 29.6 Å². The number of ketones is 4. The van der Waals surface area contributed by atoms with E-state index in [4.69, 9.17) is 0 Å². The van der Waals surface area contributed by atoms with Gasteiger partial charge in [-0.3, -0.25) is 19.2 Å². The molecule has 0 aliphatic carbocycles. The average Bonchev–Trinajstić information content (AvgIpc) is 2.97. The zero-order valence-corrected chi connectivity index (χ0v) is 23.5. The number of carbonyl (C=O) groups is 4. The van der Waals surface area contributed by atoms with Gasteiger partial charge >= 0.3 is 0 Å². The summed E-state index contributed by atoms with van der Waals surface area (Å²) in [5, 5.41) is 0. The maximum Gasteiger partial charge on any atom is 0.170 e. The Morgan fingerprint density at radius 2 is 0.897 bits per heavy atom. The third kappa shape index (κ3) is 12.2. The van der Waals surface area contributed by atoms with Crippen molar-refractivity contribution in [2.75, 3.05) is 0 Å². The second-order valence-corrected chi connectivity index (χ2v) is 9.86. The van der Waals surface area contributed by atoms with Crippen LogP contribution in [0.1, 0.15) is 126 Å². The van der Waals surface area contributed by atoms with E-state index in [0.29, 0.717) is 28.7 Å². The Balaban J connectivity index is 0.000000282. The van der Waals surface area contributed by atoms with Gasteiger partial charge in [0, 0.05) is 28.7 Å². The third-order valence-electron chi connectivity index (χ3n) is 6.63. The summed E-state index contributed by atoms with van der Waals surface area (Å²) in [5.74, 6) is -0.205. The normalized spacial score (nSPS) is 10.3. The molecule has 0 fully saturated rings. The van der Waals surface area contributed by atoms with Crippen molar-refractivity contribution in [1.29, 1.82) is 0 Å². The maximum atomic E-state index is 12.2. The van der Waals surface area contributed by atoms with Gasteiger partial charge in [-0.15, -0.1) is 0 Å². The second kappa shape index (κ2) is 18.6. The van der Waals surface area contributed by atoms with Crippen LogP contribution in [-0.4, -0.2) is 23.1 Å². The first-order valence-corrected chi connectivity index (χ1v) is 14.2. The van der Waals surface area contributed by atoms with Crippen LogP contribution in [0.2, 0.25) is 0 Å². The van der Waals surface area contributed by atoms with E-state index in [1.807, 2.05) is 24.3 Å². The lowest BCUT2D eigenvalue weighted by molar-refractivity contribution is 0.0892. The molecule has 0 amide bonds. The van der Waals surface area contributed by atoms with E-state index < -0.39 is 0 Å². The molecule has 4 heteroatoms. The molecule has 0 unspecified atom stereocenters. The summed E-state index contributed by atoms with van der Waals surface area (Å²) in [6, 6.07) is 24.9. The summed E-state index contributed by atoms with van der Waals surface area (Å²) in [5.41, 5.74) is 2.31. The number of benzene rings is 3. The SMILES string of the molecule is CCCCCCCCCCCC(=O)c1ccccc1C(C)=O.O=C(CC(=O)c1ccccc1)c1ccccc1. The minimum Gasteiger partial charge on any atom is -0.294 e. The summed E-state index contributed by atoms with van der Waals surface area (Å²) in [4.78, 5) is 47.4. The molecule has 4 nitrogen and oxygen atoms in total. The van der Waals surface area contributed by atoms with Gasteiger partial charge in [0.05, 0.1) is 6.42 Å². The molecular weight excluding hydrogens is 484 g/mol. The third-order valence-corrected chi connectivity index (χ3v) is 6.63. The molecule has 3 aromatic rings. The highest BCUT2D eigenvalue weighted by molar-refractivity contribution is 6.13. The molecule has 0 heterocycles. The number of hydrogen-bond acceptors (Lipinski definition) is 4. The molecular formula is C35H42O4. The fourth-order valence-electron chi connectivity index (χ4n) is 4.36. The van der Waals surface area contributed by atoms with Gasteiger partial charge in [0.25, 0.3) is 0 Å². The van der Waals surface area contributed by atoms with E-state index in [9.17, 15) is 19.2 Å². The predicted octanol–water partition coefficient (Wildman–Crippen LogP) is 9.14. The molecule has 0 saturated heterocycles. The Morgan fingerprint density at radius 1 is 0.487 bits per heavy atom. The van der Waals surface area contributed by atoms with Gasteiger partial charge in [-0.05, 0) is 13.3 Å². The molecule has 3 aromatic carbocycles. The van der Waals surface area contributed by atoms with Crippen molar-refractivity contribution in [3.8, 4) is 0 Å². The van der Waals surface area contributed by atoms with Gasteiger partial charge < -0.3 is 0 Å². The molecule has 0 saturated carbocycles. The first-order valence-electron chi connectivity index (χ1n) is 14.2. The molecule has 0 atom stereocenters. The molecule has 0 bridgehead atoms. The van der Waals surface area contributed by atoms with E-state index >= 15 is 0 Å². The molecule has 0 aliphatic rings. The quantitative estimate of drug-likeness (QED) is 0.106. The molecule has 0 spiro atoms. The lowest BCUT2D eigenvalue weighted by Gasteiger charge is -2.06. The first-order chi connectivity index (χ1) is 18.9. The highest BCUT2D eigenvalue weighted by atomic mass is 16.1. The smallest absolute Gasteiger partial charge is 0.170 e. The number of carbonyl (C=O) groups excluding carboxylic acids is 4. The standard InChI is InChI=1S/C20H30O2.C15H12O2/c1-3-4-5-6-7-8-9-10-11-16-20(22)19-15-13-12-14-18(19)17(2)21;16-14(12-7-3-1-4-8-12)11-15(17)13-9-5-2-6-10-13/h12-15H,3-11,16H2,1-2H3;1-10H,11H2. The molecule has 0 aromatic heterocycles. The molecule has 3 rings (SSSR count). The van der Waals surface area contributed by atoms with Crippen molar-refractivity contribution in [3.05, 3.63) is 107 Å². The zero-order chi connectivity index (χ0) is 28.3. The van der Waals surface area contributed by atoms with E-state index in [1.165, 1.54) is 51.9 Å². The van der Waals surface area contributed by atoms with Gasteiger partial charge in [0.1, 0.15) is 0 Å². The van der Waals surface area contributed by atoms with Gasteiger partial charge in [0.2, 0.25) is 0 Å². The summed E-state index contributed by atoms with van der Waals surface area (Å²) in [7, 11) is 0. The Kier molecular flexibility index (Phi) is 15.0. The monoisotopic (exact) mass is 526 g/mol. The van der Waals surface area contributed by atoms with Crippen LogP contribution in [0.3, 0.4) is 0 Å². The van der Waals surface area contributed by atoms with Gasteiger partial charge in [-0.25, -0.2) is 0 Å². The van der Waals surface area contributed by atoms with Crippen LogP contribution < -0.4 is 0 Å². The molecule has 0 aliphatic heterocycles. The first kappa shape index (κ1) is 31.6. The lowest BCUT2D eigenvalue weighted by Crippen LogP contribution is -2.08. The predicted molar refractivity (Wildman–Crippen MR) is 159 cm³/mol. The second-order valence-electron chi connectivity index (χ2n) is 9.86. The number of Topliss-reactive ketones (excluding diaryl/α,β-unsaturated/α-hetero) is 4. The van der Waals surface area contributed by atoms with Crippen LogP contribution in [0.5, 0.6) is 0 Å². The van der Waals surface area contributed by atoms with Crippen molar-refractivity contribution in [1.82, 2.24) is 0 Å². The van der Waals surface area contributed by atoms with Crippen LogP contribution in [0.25, 0.3) is 0 Å². The molecule has 206 valence electrons. The van der Waals surface area contributed by atoms with Crippen molar-refractivity contribution < 1.29 is 19.2 Å². The van der Waals surface area contributed by atoms with Gasteiger partial charge in [-0.2, -0.15) is 0 Å². The van der Waals surface area contributed by atoms with E-state index in [0.717, 1.165) is 12.8 Å². The summed E-state index contributed by atoms with van der Waals surface area (Å²) in [6.45, 7) is 3.76. The lowest BCUT2D eigenvalue weighted by atomic mass is 9.97. The van der Waals surface area contributed by atoms with Crippen molar-refractivity contribution in [2.45, 2.75) is 84.5 Å². The average molecular weight is 527 g/mol. The van der Waals surface area contributed by atoms with E-state index in [2.05, 4.69) is 6.92 Å². The van der Waals surface area contributed by atoms with E-state index in [1.54, 1.807) is 60.7 Å². The highest BCUT2D eigenvalue weighted by Crippen LogP contribution is 2.16. The number of rotatable bonds is 16. The van der Waals surface area contributed by atoms with Crippen LogP contribution in [-0.2, 0) is 0 Å². The van der Waals surface area contributed by atoms with Crippen LogP contribution in [0.15, 0.2) is 84.9 Å². The topological polar surface area (TPSA) is 68.3 Å². The summed E-state index contributed by atoms with van der Waals surface area (Å²) >= 11 is 0. The number of hydrogen-bond donors (Lipinski definition) is 0. The van der Waals surface area contributed by atoms with Crippen LogP contribution in [0.4, 0.5) is 0 Å². The largest absolute Gasteiger partial charge is 0.294 e. The van der Waals surface area contributed by atoms with Gasteiger partial charge in [-0.1, -0.05) is 143 Å². The maximum absolute atomic E-state index is 12.2. The van der Waals surface area contributed by atoms with Crippen molar-refractivity contribution in [2.24, 2.45) is 0 Å². The Labute approximate surface area is 233 Å². The Bertz CT molecular complexity index is 1120. The number of unbranched alkanes of at least 4 members (excludes halogenated alkanes) is 8. The van der Waals surface area contributed by atoms with Crippen LogP contribution in [0, 0.1) is 0 Å². The van der Waals surface area contributed by atoms with Crippen molar-refractivity contribution in [3.63, 3.8) is 0 Å². The summed E-state index contributed by atoms with van der Waals surface area (Å²) in [6.07, 6.45) is 11.7. The fraction of sp³-hybridized carbons (Fsp3) is 0.371. The Morgan fingerprint density at radius 3 is 1.36 bits per heavy atom. The minimum atomic E-state index is -0.139. The molecule has 0 N–H and O–H groups in total. The van der Waals surface area contributed by atoms with Crippen molar-refractivity contribution >= 4 is 23.1 Å². The fourth-order valence-corrected chi connectivity index (χ4v) is 4.36.